The first-order chi connectivity index (χ1) is 12.6. The molecule has 4 rings (SSSR count). The standard InChI is InChI=1S/C15H18N6O3S2/c22-13(12-10-18-20-25-12)19-26(23)8-2-15(3-9-26)11-21(6-7-24-15)14-16-4-1-5-17-14/h1,4-5,10H,2-3,6-9,11H2. The molecule has 9 nitrogen and oxygen atoms in total. The van der Waals surface area contributed by atoms with Gasteiger partial charge in [0.25, 0.3) is 5.91 Å². The first-order valence-electron chi connectivity index (χ1n) is 8.28. The number of rotatable bonds is 2. The summed E-state index contributed by atoms with van der Waals surface area (Å²) in [5, 5.41) is 3.62. The zero-order chi connectivity index (χ0) is 18.0. The fourth-order valence-corrected chi connectivity index (χ4v) is 5.87. The van der Waals surface area contributed by atoms with E-state index in [4.69, 9.17) is 4.74 Å². The molecule has 2 aromatic rings. The Morgan fingerprint density at radius 1 is 1.31 bits per heavy atom. The van der Waals surface area contributed by atoms with E-state index in [-0.39, 0.29) is 5.60 Å². The van der Waals surface area contributed by atoms with Crippen LogP contribution in [0, 0.1) is 0 Å². The fraction of sp³-hybridized carbons (Fsp3) is 0.533. The molecule has 2 fully saturated rings. The minimum absolute atomic E-state index is 0.314. The van der Waals surface area contributed by atoms with Gasteiger partial charge >= 0.3 is 0 Å². The minimum Gasteiger partial charge on any atom is -0.371 e. The normalized spacial score (nSPS) is 28.8. The van der Waals surface area contributed by atoms with Gasteiger partial charge in [0, 0.05) is 30.4 Å². The van der Waals surface area contributed by atoms with Crippen LogP contribution in [0.1, 0.15) is 22.5 Å². The predicted molar refractivity (Wildman–Crippen MR) is 96.7 cm³/mol. The maximum atomic E-state index is 13.0. The van der Waals surface area contributed by atoms with E-state index in [1.165, 1.54) is 6.20 Å². The first-order valence-corrected chi connectivity index (χ1v) is 10.9. The summed E-state index contributed by atoms with van der Waals surface area (Å²) in [7, 11) is -2.58. The van der Waals surface area contributed by atoms with E-state index in [2.05, 4.69) is 28.8 Å². The molecule has 0 N–H and O–H groups in total. The molecule has 26 heavy (non-hydrogen) atoms. The van der Waals surface area contributed by atoms with Gasteiger partial charge in [-0.2, -0.15) is 4.36 Å². The Balaban J connectivity index is 1.47. The molecule has 4 heterocycles. The second kappa shape index (κ2) is 6.97. The molecule has 2 aromatic heterocycles. The third-order valence-corrected chi connectivity index (χ3v) is 7.49. The van der Waals surface area contributed by atoms with Crippen molar-refractivity contribution < 1.29 is 13.7 Å². The Labute approximate surface area is 155 Å². The number of anilines is 1. The fourth-order valence-electron chi connectivity index (χ4n) is 3.24. The molecular weight excluding hydrogens is 376 g/mol. The van der Waals surface area contributed by atoms with Crippen molar-refractivity contribution in [2.45, 2.75) is 18.4 Å². The number of morpholine rings is 1. The summed E-state index contributed by atoms with van der Waals surface area (Å²) in [6.45, 7) is 1.95. The zero-order valence-corrected chi connectivity index (χ0v) is 15.6. The lowest BCUT2D eigenvalue weighted by Gasteiger charge is -2.45. The number of carbonyl (C=O) groups excluding carboxylic acids is 1. The van der Waals surface area contributed by atoms with Crippen LogP contribution in [-0.4, -0.2) is 66.5 Å². The average molecular weight is 394 g/mol. The number of amides is 1. The highest BCUT2D eigenvalue weighted by atomic mass is 32.2. The van der Waals surface area contributed by atoms with Gasteiger partial charge in [0.15, 0.2) is 0 Å². The van der Waals surface area contributed by atoms with Crippen molar-refractivity contribution in [1.29, 1.82) is 0 Å². The third kappa shape index (κ3) is 3.60. The molecule has 0 aromatic carbocycles. The summed E-state index contributed by atoms with van der Waals surface area (Å²) < 4.78 is 26.7. The van der Waals surface area contributed by atoms with Crippen molar-refractivity contribution in [1.82, 2.24) is 19.6 Å². The quantitative estimate of drug-likeness (QED) is 0.742. The Hall–Kier alpha value is -1.98. The van der Waals surface area contributed by atoms with Gasteiger partial charge in [-0.1, -0.05) is 4.49 Å². The summed E-state index contributed by atoms with van der Waals surface area (Å²) in [6, 6.07) is 1.78. The molecule has 138 valence electrons. The number of carbonyl (C=O) groups is 1. The van der Waals surface area contributed by atoms with Gasteiger partial charge in [-0.25, -0.2) is 14.2 Å². The van der Waals surface area contributed by atoms with Crippen LogP contribution < -0.4 is 4.90 Å². The number of hydrogen-bond donors (Lipinski definition) is 0. The summed E-state index contributed by atoms with van der Waals surface area (Å²) in [5.41, 5.74) is -0.386. The van der Waals surface area contributed by atoms with Crippen LogP contribution in [0.25, 0.3) is 0 Å². The molecule has 0 radical (unpaired) electrons. The van der Waals surface area contributed by atoms with Crippen LogP contribution in [0.3, 0.4) is 0 Å². The van der Waals surface area contributed by atoms with Gasteiger partial charge < -0.3 is 9.64 Å². The zero-order valence-electron chi connectivity index (χ0n) is 14.0. The number of hydrogen-bond acceptors (Lipinski definition) is 9. The van der Waals surface area contributed by atoms with Gasteiger partial charge in [0.1, 0.15) is 4.88 Å². The average Bonchev–Trinajstić information content (AvgIpc) is 3.21. The molecule has 2 saturated heterocycles. The van der Waals surface area contributed by atoms with Crippen molar-refractivity contribution in [2.75, 3.05) is 36.1 Å². The topological polar surface area (TPSA) is 111 Å². The molecule has 0 unspecified atom stereocenters. The van der Waals surface area contributed by atoms with Crippen LogP contribution in [-0.2, 0) is 14.5 Å². The van der Waals surface area contributed by atoms with Crippen LogP contribution in [0.5, 0.6) is 0 Å². The number of aromatic nitrogens is 4. The lowest BCUT2D eigenvalue weighted by Crippen LogP contribution is -2.55. The highest BCUT2D eigenvalue weighted by molar-refractivity contribution is 7.93. The van der Waals surface area contributed by atoms with Crippen molar-refractivity contribution >= 4 is 33.1 Å². The van der Waals surface area contributed by atoms with Crippen LogP contribution in [0.4, 0.5) is 5.95 Å². The second-order valence-electron chi connectivity index (χ2n) is 6.36. The molecule has 0 aliphatic carbocycles. The maximum absolute atomic E-state index is 13.0. The molecule has 0 atom stereocenters. The highest BCUT2D eigenvalue weighted by Gasteiger charge is 2.42. The number of ether oxygens (including phenoxy) is 1. The minimum atomic E-state index is -2.58. The van der Waals surface area contributed by atoms with E-state index >= 15 is 0 Å². The molecule has 1 spiro atoms. The van der Waals surface area contributed by atoms with Gasteiger partial charge in [-0.3, -0.25) is 4.79 Å². The predicted octanol–water partition coefficient (Wildman–Crippen LogP) is 1.01. The third-order valence-electron chi connectivity index (χ3n) is 4.66. The Morgan fingerprint density at radius 3 is 2.77 bits per heavy atom. The van der Waals surface area contributed by atoms with Gasteiger partial charge in [-0.05, 0) is 30.4 Å². The van der Waals surface area contributed by atoms with E-state index in [0.29, 0.717) is 48.3 Å². The lowest BCUT2D eigenvalue weighted by atomic mass is 9.94. The van der Waals surface area contributed by atoms with Crippen molar-refractivity contribution in [3.63, 3.8) is 0 Å². The van der Waals surface area contributed by atoms with Gasteiger partial charge in [0.2, 0.25) is 5.95 Å². The van der Waals surface area contributed by atoms with Crippen molar-refractivity contribution in [3.05, 3.63) is 29.5 Å². The molecule has 1 amide bonds. The van der Waals surface area contributed by atoms with Gasteiger partial charge in [0.05, 0.1) is 34.7 Å². The smallest absolute Gasteiger partial charge is 0.298 e. The van der Waals surface area contributed by atoms with E-state index in [0.717, 1.165) is 18.1 Å². The Kier molecular flexibility index (Phi) is 4.67. The Bertz CT molecular complexity index is 881. The highest BCUT2D eigenvalue weighted by Crippen LogP contribution is 2.33. The van der Waals surface area contributed by atoms with E-state index in [9.17, 15) is 9.00 Å². The van der Waals surface area contributed by atoms with E-state index < -0.39 is 15.6 Å². The van der Waals surface area contributed by atoms with Crippen molar-refractivity contribution in [2.24, 2.45) is 4.36 Å². The summed E-state index contributed by atoms with van der Waals surface area (Å²) in [4.78, 5) is 23.1. The first kappa shape index (κ1) is 17.4. The Morgan fingerprint density at radius 2 is 2.08 bits per heavy atom. The van der Waals surface area contributed by atoms with E-state index in [1.54, 1.807) is 18.5 Å². The molecule has 2 aliphatic heterocycles. The lowest BCUT2D eigenvalue weighted by molar-refractivity contribution is -0.0617. The van der Waals surface area contributed by atoms with Gasteiger partial charge in [-0.15, -0.1) is 5.10 Å². The van der Waals surface area contributed by atoms with Crippen LogP contribution in [0.2, 0.25) is 0 Å². The second-order valence-corrected chi connectivity index (χ2v) is 9.69. The molecule has 2 aliphatic rings. The monoisotopic (exact) mass is 394 g/mol. The van der Waals surface area contributed by atoms with Crippen LogP contribution in [0.15, 0.2) is 29.0 Å². The largest absolute Gasteiger partial charge is 0.371 e. The maximum Gasteiger partial charge on any atom is 0.298 e. The molecule has 0 saturated carbocycles. The molecular formula is C15H18N6O3S2. The summed E-state index contributed by atoms with van der Waals surface area (Å²) >= 11 is 0.963. The number of nitrogens with zero attached hydrogens (tertiary/aromatic N) is 6. The molecule has 0 bridgehead atoms. The molecule has 11 heteroatoms. The SMILES string of the molecule is O=C(N=S1(=O)CCC2(CC1)CN(c1ncccn1)CCO2)c1cnns1. The summed E-state index contributed by atoms with van der Waals surface area (Å²) in [5.74, 6) is 0.868. The summed E-state index contributed by atoms with van der Waals surface area (Å²) in [6.07, 6.45) is 5.97. The van der Waals surface area contributed by atoms with Crippen LogP contribution >= 0.6 is 11.5 Å². The van der Waals surface area contributed by atoms with E-state index in [1.807, 2.05) is 0 Å². The van der Waals surface area contributed by atoms with Crippen molar-refractivity contribution in [3.8, 4) is 0 Å².